The second-order valence-electron chi connectivity index (χ2n) is 5.54. The van der Waals surface area contributed by atoms with Crippen molar-refractivity contribution in [1.29, 1.82) is 0 Å². The molecule has 0 bridgehead atoms. The maximum Gasteiger partial charge on any atom is 0.325 e. The summed E-state index contributed by atoms with van der Waals surface area (Å²) in [5.74, 6) is -0.324. The van der Waals surface area contributed by atoms with Gasteiger partial charge in [-0.3, -0.25) is 19.8 Å². The highest BCUT2D eigenvalue weighted by Gasteiger charge is 2.37. The zero-order valence-corrected chi connectivity index (χ0v) is 12.7. The predicted octanol–water partition coefficient (Wildman–Crippen LogP) is 2.26. The topological polar surface area (TPSA) is 92.6 Å². The van der Waals surface area contributed by atoms with Crippen LogP contribution in [0.15, 0.2) is 54.6 Å². The normalized spacial score (nSPS) is 17.0. The van der Waals surface area contributed by atoms with Crippen molar-refractivity contribution in [3.63, 3.8) is 0 Å². The van der Waals surface area contributed by atoms with Crippen LogP contribution >= 0.6 is 0 Å². The molecule has 1 unspecified atom stereocenters. The van der Waals surface area contributed by atoms with Gasteiger partial charge in [0.25, 0.3) is 11.6 Å². The predicted molar refractivity (Wildman–Crippen MR) is 86.1 cm³/mol. The molecule has 1 heterocycles. The number of non-ortho nitro benzene ring substituents is 1. The number of hydrogen-bond donors (Lipinski definition) is 1. The van der Waals surface area contributed by atoms with Crippen LogP contribution in [0.5, 0.6) is 0 Å². The third kappa shape index (κ3) is 3.24. The Kier molecular flexibility index (Phi) is 4.24. The molecular formula is C17H15N3O4. The van der Waals surface area contributed by atoms with E-state index in [1.54, 1.807) is 6.07 Å². The average molecular weight is 325 g/mol. The number of nitrogens with one attached hydrogen (secondary N) is 1. The average Bonchev–Trinajstić information content (AvgIpc) is 2.83. The quantitative estimate of drug-likeness (QED) is 0.518. The summed E-state index contributed by atoms with van der Waals surface area (Å²) in [6.45, 7) is 0.0115. The fraction of sp³-hybridized carbons (Fsp3) is 0.176. The molecule has 2 aromatic rings. The molecule has 122 valence electrons. The molecular weight excluding hydrogens is 310 g/mol. The third-order valence-electron chi connectivity index (χ3n) is 3.85. The molecule has 0 spiro atoms. The minimum atomic E-state index is -0.612. The largest absolute Gasteiger partial charge is 0.325 e. The highest BCUT2D eigenvalue weighted by molar-refractivity contribution is 6.04. The molecule has 7 nitrogen and oxygen atoms in total. The van der Waals surface area contributed by atoms with Crippen LogP contribution in [0.25, 0.3) is 0 Å². The number of rotatable bonds is 5. The molecule has 0 radical (unpaired) electrons. The van der Waals surface area contributed by atoms with E-state index in [2.05, 4.69) is 5.32 Å². The highest BCUT2D eigenvalue weighted by atomic mass is 16.6. The lowest BCUT2D eigenvalue weighted by Gasteiger charge is -2.13. The van der Waals surface area contributed by atoms with Crippen LogP contribution in [-0.4, -0.2) is 27.8 Å². The van der Waals surface area contributed by atoms with E-state index in [0.29, 0.717) is 12.0 Å². The number of carbonyl (C=O) groups excluding carboxylic acids is 2. The van der Waals surface area contributed by atoms with Crippen LogP contribution < -0.4 is 5.32 Å². The summed E-state index contributed by atoms with van der Waals surface area (Å²) in [5.41, 5.74) is 1.42. The van der Waals surface area contributed by atoms with Gasteiger partial charge in [-0.2, -0.15) is 0 Å². The van der Waals surface area contributed by atoms with Gasteiger partial charge in [0.05, 0.1) is 11.5 Å². The van der Waals surface area contributed by atoms with Gasteiger partial charge >= 0.3 is 6.03 Å². The Morgan fingerprint density at radius 2 is 1.75 bits per heavy atom. The van der Waals surface area contributed by atoms with Crippen molar-refractivity contribution in [2.75, 3.05) is 0 Å². The zero-order valence-electron chi connectivity index (χ0n) is 12.7. The number of amides is 3. The van der Waals surface area contributed by atoms with Gasteiger partial charge in [0.15, 0.2) is 0 Å². The number of urea groups is 1. The molecule has 1 aliphatic heterocycles. The Hall–Kier alpha value is -3.22. The lowest BCUT2D eigenvalue weighted by atomic mass is 10.1. The van der Waals surface area contributed by atoms with E-state index in [1.807, 2.05) is 30.3 Å². The molecule has 0 saturated carbocycles. The number of nitro benzene ring substituents is 1. The van der Waals surface area contributed by atoms with Crippen molar-refractivity contribution < 1.29 is 14.5 Å². The van der Waals surface area contributed by atoms with Gasteiger partial charge in [0.2, 0.25) is 0 Å². The van der Waals surface area contributed by atoms with E-state index < -0.39 is 17.0 Å². The number of hydrogen-bond acceptors (Lipinski definition) is 4. The molecule has 1 saturated heterocycles. The standard InChI is InChI=1S/C17H15N3O4/c21-16-15(10-12-5-2-1-3-6-12)18-17(22)19(16)11-13-7-4-8-14(9-13)20(23)24/h1-9,15H,10-11H2,(H,18,22). The lowest BCUT2D eigenvalue weighted by Crippen LogP contribution is -2.32. The van der Waals surface area contributed by atoms with Crippen molar-refractivity contribution >= 4 is 17.6 Å². The van der Waals surface area contributed by atoms with Gasteiger partial charge in [-0.05, 0) is 11.1 Å². The molecule has 7 heteroatoms. The van der Waals surface area contributed by atoms with Crippen molar-refractivity contribution in [1.82, 2.24) is 10.2 Å². The Balaban J connectivity index is 1.72. The Morgan fingerprint density at radius 3 is 2.46 bits per heavy atom. The maximum absolute atomic E-state index is 12.5. The number of nitro groups is 1. The number of nitrogens with zero attached hydrogens (tertiary/aromatic N) is 2. The zero-order chi connectivity index (χ0) is 17.1. The van der Waals surface area contributed by atoms with Gasteiger partial charge in [-0.1, -0.05) is 42.5 Å². The summed E-state index contributed by atoms with van der Waals surface area (Å²) in [5, 5.41) is 13.5. The van der Waals surface area contributed by atoms with E-state index in [4.69, 9.17) is 0 Å². The minimum absolute atomic E-state index is 0.0115. The minimum Gasteiger partial charge on any atom is -0.325 e. The molecule has 24 heavy (non-hydrogen) atoms. The van der Waals surface area contributed by atoms with Crippen molar-refractivity contribution in [2.45, 2.75) is 19.0 Å². The smallest absolute Gasteiger partial charge is 0.325 e. The summed E-state index contributed by atoms with van der Waals surface area (Å²) >= 11 is 0. The Labute approximate surface area is 138 Å². The summed E-state index contributed by atoms with van der Waals surface area (Å²) in [7, 11) is 0. The van der Waals surface area contributed by atoms with Gasteiger partial charge in [0.1, 0.15) is 6.04 Å². The monoisotopic (exact) mass is 325 g/mol. The second-order valence-corrected chi connectivity index (χ2v) is 5.54. The number of carbonyl (C=O) groups is 2. The first-order chi connectivity index (χ1) is 11.5. The third-order valence-corrected chi connectivity index (χ3v) is 3.85. The lowest BCUT2D eigenvalue weighted by molar-refractivity contribution is -0.384. The fourth-order valence-electron chi connectivity index (χ4n) is 2.67. The van der Waals surface area contributed by atoms with E-state index in [9.17, 15) is 19.7 Å². The number of imide groups is 1. The van der Waals surface area contributed by atoms with Crippen LogP contribution in [0, 0.1) is 10.1 Å². The molecule has 1 aliphatic rings. The molecule has 1 N–H and O–H groups in total. The highest BCUT2D eigenvalue weighted by Crippen LogP contribution is 2.18. The summed E-state index contributed by atoms with van der Waals surface area (Å²) in [6, 6.07) is 14.2. The van der Waals surface area contributed by atoms with E-state index in [1.165, 1.54) is 18.2 Å². The first-order valence-corrected chi connectivity index (χ1v) is 7.44. The van der Waals surface area contributed by atoms with Crippen molar-refractivity contribution in [3.05, 3.63) is 75.8 Å². The summed E-state index contributed by atoms with van der Waals surface area (Å²) in [6.07, 6.45) is 0.414. The Bertz CT molecular complexity index is 791. The van der Waals surface area contributed by atoms with Gasteiger partial charge < -0.3 is 5.32 Å². The molecule has 0 aliphatic carbocycles. The van der Waals surface area contributed by atoms with Crippen LogP contribution in [0.2, 0.25) is 0 Å². The molecule has 3 rings (SSSR count). The van der Waals surface area contributed by atoms with Crippen LogP contribution in [0.3, 0.4) is 0 Å². The SMILES string of the molecule is O=C1NC(Cc2ccccc2)C(=O)N1Cc1cccc([N+](=O)[O-])c1. The first-order valence-electron chi connectivity index (χ1n) is 7.44. The van der Waals surface area contributed by atoms with Gasteiger partial charge in [0, 0.05) is 18.6 Å². The molecule has 2 aromatic carbocycles. The summed E-state index contributed by atoms with van der Waals surface area (Å²) in [4.78, 5) is 35.9. The molecule has 1 fully saturated rings. The van der Waals surface area contributed by atoms with E-state index in [-0.39, 0.29) is 18.1 Å². The van der Waals surface area contributed by atoms with Crippen LogP contribution in [0.1, 0.15) is 11.1 Å². The van der Waals surface area contributed by atoms with E-state index >= 15 is 0 Å². The van der Waals surface area contributed by atoms with Crippen LogP contribution in [0.4, 0.5) is 10.5 Å². The molecule has 1 atom stereocenters. The summed E-state index contributed by atoms with van der Waals surface area (Å²) < 4.78 is 0. The molecule has 3 amide bonds. The maximum atomic E-state index is 12.5. The van der Waals surface area contributed by atoms with Gasteiger partial charge in [-0.25, -0.2) is 4.79 Å². The van der Waals surface area contributed by atoms with Crippen LogP contribution in [-0.2, 0) is 17.8 Å². The van der Waals surface area contributed by atoms with Gasteiger partial charge in [-0.15, -0.1) is 0 Å². The fourth-order valence-corrected chi connectivity index (χ4v) is 2.67. The molecule has 0 aromatic heterocycles. The van der Waals surface area contributed by atoms with E-state index in [0.717, 1.165) is 10.5 Å². The second kappa shape index (κ2) is 6.49. The first kappa shape index (κ1) is 15.7. The van der Waals surface area contributed by atoms with Crippen molar-refractivity contribution in [3.8, 4) is 0 Å². The Morgan fingerprint density at radius 1 is 1.04 bits per heavy atom. The number of benzene rings is 2. The van der Waals surface area contributed by atoms with Crippen molar-refractivity contribution in [2.24, 2.45) is 0 Å².